The summed E-state index contributed by atoms with van der Waals surface area (Å²) >= 11 is 5.82. The zero-order chi connectivity index (χ0) is 13.9. The minimum atomic E-state index is -0.234. The summed E-state index contributed by atoms with van der Waals surface area (Å²) in [5.41, 5.74) is 0.713. The molecule has 5 atom stereocenters. The Kier molecular flexibility index (Phi) is 2.58. The van der Waals surface area contributed by atoms with Crippen molar-refractivity contribution >= 4 is 29.2 Å². The summed E-state index contributed by atoms with van der Waals surface area (Å²) in [4.78, 5) is 24.4. The van der Waals surface area contributed by atoms with Crippen molar-refractivity contribution in [1.29, 1.82) is 0 Å². The van der Waals surface area contributed by atoms with E-state index < -0.39 is 0 Å². The maximum atomic E-state index is 12.5. The van der Waals surface area contributed by atoms with Crippen LogP contribution in [0.3, 0.4) is 0 Å². The molecular formula is C15H14ClNO3. The maximum Gasteiger partial charge on any atom is 0.310 e. The quantitative estimate of drug-likeness (QED) is 0.852. The normalized spacial score (nSPS) is 37.0. The van der Waals surface area contributed by atoms with Crippen molar-refractivity contribution in [2.45, 2.75) is 18.9 Å². The monoisotopic (exact) mass is 291 g/mol. The van der Waals surface area contributed by atoms with Gasteiger partial charge in [0.2, 0.25) is 5.91 Å². The van der Waals surface area contributed by atoms with Crippen LogP contribution < -0.4 is 5.32 Å². The van der Waals surface area contributed by atoms with Gasteiger partial charge in [0, 0.05) is 16.6 Å². The first-order valence-corrected chi connectivity index (χ1v) is 7.28. The van der Waals surface area contributed by atoms with Gasteiger partial charge in [-0.3, -0.25) is 9.59 Å². The number of carbonyl (C=O) groups excluding carboxylic acids is 2. The summed E-state index contributed by atoms with van der Waals surface area (Å²) in [6.07, 6.45) is 1.85. The van der Waals surface area contributed by atoms with Crippen molar-refractivity contribution in [2.75, 3.05) is 5.32 Å². The van der Waals surface area contributed by atoms with Gasteiger partial charge in [0.05, 0.1) is 11.8 Å². The van der Waals surface area contributed by atoms with E-state index in [2.05, 4.69) is 5.32 Å². The number of benzene rings is 1. The molecule has 1 N–H and O–H groups in total. The molecule has 1 heterocycles. The number of amides is 1. The van der Waals surface area contributed by atoms with Crippen LogP contribution in [0.15, 0.2) is 24.3 Å². The highest BCUT2D eigenvalue weighted by Gasteiger charge is 2.63. The van der Waals surface area contributed by atoms with Gasteiger partial charge in [-0.05, 0) is 43.0 Å². The number of fused-ring (bicyclic) bond motifs is 1. The summed E-state index contributed by atoms with van der Waals surface area (Å²) in [6.45, 7) is 0. The first kappa shape index (κ1) is 12.2. The van der Waals surface area contributed by atoms with Gasteiger partial charge in [0.1, 0.15) is 6.10 Å². The standard InChI is InChI=1S/C15H14ClNO3/c16-8-1-3-9(4-2-8)17-14(18)12-7-5-10-11(6-7)20-15(19)13(10)12/h1-4,7,10-13H,5-6H2,(H,17,18)/t7-,10+,11-,12-,13+/m1/s1. The van der Waals surface area contributed by atoms with Crippen LogP contribution in [0.1, 0.15) is 12.8 Å². The predicted molar refractivity (Wildman–Crippen MR) is 73.2 cm³/mol. The molecule has 4 nitrogen and oxygen atoms in total. The Hall–Kier alpha value is -1.55. The molecule has 1 aliphatic heterocycles. The van der Waals surface area contributed by atoms with Gasteiger partial charge < -0.3 is 10.1 Å². The molecule has 20 heavy (non-hydrogen) atoms. The average molecular weight is 292 g/mol. The third kappa shape index (κ3) is 1.67. The molecule has 2 aliphatic carbocycles. The first-order chi connectivity index (χ1) is 9.63. The lowest BCUT2D eigenvalue weighted by Crippen LogP contribution is -2.35. The molecule has 5 heteroatoms. The van der Waals surface area contributed by atoms with E-state index in [1.807, 2.05) is 0 Å². The van der Waals surface area contributed by atoms with Gasteiger partial charge in [-0.25, -0.2) is 0 Å². The van der Waals surface area contributed by atoms with Crippen LogP contribution in [-0.2, 0) is 14.3 Å². The number of ether oxygens (including phenoxy) is 1. The molecule has 0 radical (unpaired) electrons. The number of hydrogen-bond acceptors (Lipinski definition) is 3. The minimum Gasteiger partial charge on any atom is -0.462 e. The van der Waals surface area contributed by atoms with Crippen LogP contribution >= 0.6 is 11.6 Å². The highest BCUT2D eigenvalue weighted by molar-refractivity contribution is 6.30. The van der Waals surface area contributed by atoms with E-state index in [0.717, 1.165) is 12.8 Å². The van der Waals surface area contributed by atoms with Crippen LogP contribution in [-0.4, -0.2) is 18.0 Å². The Balaban J connectivity index is 1.54. The second-order valence-electron chi connectivity index (χ2n) is 5.92. The summed E-state index contributed by atoms with van der Waals surface area (Å²) < 4.78 is 5.35. The van der Waals surface area contributed by atoms with Crippen molar-refractivity contribution in [2.24, 2.45) is 23.7 Å². The minimum absolute atomic E-state index is 0.0667. The van der Waals surface area contributed by atoms with Crippen LogP contribution in [0.2, 0.25) is 5.02 Å². The number of halogens is 1. The van der Waals surface area contributed by atoms with E-state index in [1.165, 1.54) is 0 Å². The molecule has 1 aromatic carbocycles. The number of anilines is 1. The lowest BCUT2D eigenvalue weighted by molar-refractivity contribution is -0.145. The zero-order valence-corrected chi connectivity index (χ0v) is 11.5. The van der Waals surface area contributed by atoms with Crippen LogP contribution in [0.4, 0.5) is 5.69 Å². The zero-order valence-electron chi connectivity index (χ0n) is 10.7. The smallest absolute Gasteiger partial charge is 0.310 e. The Bertz CT molecular complexity index is 583. The van der Waals surface area contributed by atoms with E-state index in [4.69, 9.17) is 16.3 Å². The Morgan fingerprint density at radius 3 is 2.75 bits per heavy atom. The molecule has 1 saturated heterocycles. The molecule has 0 spiro atoms. The van der Waals surface area contributed by atoms with Gasteiger partial charge in [-0.1, -0.05) is 11.6 Å². The van der Waals surface area contributed by atoms with E-state index in [-0.39, 0.29) is 41.7 Å². The summed E-state index contributed by atoms with van der Waals surface area (Å²) in [7, 11) is 0. The molecule has 1 amide bonds. The van der Waals surface area contributed by atoms with Crippen molar-refractivity contribution in [1.82, 2.24) is 0 Å². The fourth-order valence-electron chi connectivity index (χ4n) is 4.12. The van der Waals surface area contributed by atoms with E-state index in [1.54, 1.807) is 24.3 Å². The van der Waals surface area contributed by atoms with Crippen LogP contribution in [0.5, 0.6) is 0 Å². The number of carbonyl (C=O) groups is 2. The number of nitrogens with one attached hydrogen (secondary N) is 1. The van der Waals surface area contributed by atoms with E-state index >= 15 is 0 Å². The number of esters is 1. The van der Waals surface area contributed by atoms with Crippen molar-refractivity contribution in [3.05, 3.63) is 29.3 Å². The van der Waals surface area contributed by atoms with Crippen LogP contribution in [0, 0.1) is 23.7 Å². The summed E-state index contributed by atoms with van der Waals surface area (Å²) in [5.74, 6) is -0.173. The molecular weight excluding hydrogens is 278 g/mol. The molecule has 0 unspecified atom stereocenters. The Labute approximate surface area is 121 Å². The van der Waals surface area contributed by atoms with Crippen molar-refractivity contribution < 1.29 is 14.3 Å². The third-order valence-corrected chi connectivity index (χ3v) is 5.15. The summed E-state index contributed by atoms with van der Waals surface area (Å²) in [5, 5.41) is 3.52. The number of hydrogen-bond donors (Lipinski definition) is 1. The Morgan fingerprint density at radius 1 is 1.25 bits per heavy atom. The maximum absolute atomic E-state index is 12.5. The van der Waals surface area contributed by atoms with Crippen LogP contribution in [0.25, 0.3) is 0 Å². The molecule has 3 fully saturated rings. The lowest BCUT2D eigenvalue weighted by atomic mass is 9.79. The molecule has 2 bridgehead atoms. The Morgan fingerprint density at radius 2 is 2.00 bits per heavy atom. The second-order valence-corrected chi connectivity index (χ2v) is 6.35. The molecule has 104 valence electrons. The van der Waals surface area contributed by atoms with Gasteiger partial charge in [-0.15, -0.1) is 0 Å². The van der Waals surface area contributed by atoms with Gasteiger partial charge >= 0.3 is 5.97 Å². The molecule has 4 rings (SSSR count). The highest BCUT2D eigenvalue weighted by atomic mass is 35.5. The van der Waals surface area contributed by atoms with Gasteiger partial charge in [-0.2, -0.15) is 0 Å². The lowest BCUT2D eigenvalue weighted by Gasteiger charge is -2.23. The van der Waals surface area contributed by atoms with Crippen molar-refractivity contribution in [3.8, 4) is 0 Å². The molecule has 1 aromatic rings. The predicted octanol–water partition coefficient (Wildman–Crippen LogP) is 2.48. The molecule has 2 saturated carbocycles. The largest absolute Gasteiger partial charge is 0.462 e. The van der Waals surface area contributed by atoms with E-state index in [9.17, 15) is 9.59 Å². The van der Waals surface area contributed by atoms with E-state index in [0.29, 0.717) is 10.7 Å². The fraction of sp³-hybridized carbons (Fsp3) is 0.467. The highest BCUT2D eigenvalue weighted by Crippen LogP contribution is 2.57. The number of rotatable bonds is 2. The molecule has 0 aromatic heterocycles. The van der Waals surface area contributed by atoms with Crippen molar-refractivity contribution in [3.63, 3.8) is 0 Å². The first-order valence-electron chi connectivity index (χ1n) is 6.90. The molecule has 3 aliphatic rings. The SMILES string of the molecule is O=C(Nc1ccc(Cl)cc1)[C@@H]1[C@@H]2C[C@@H]3[C@@H]1C(=O)O[C@@H]3C2. The topological polar surface area (TPSA) is 55.4 Å². The third-order valence-electron chi connectivity index (χ3n) is 4.90. The fourth-order valence-corrected chi connectivity index (χ4v) is 4.25. The van der Waals surface area contributed by atoms with Gasteiger partial charge in [0.25, 0.3) is 0 Å². The van der Waals surface area contributed by atoms with Gasteiger partial charge in [0.15, 0.2) is 0 Å². The average Bonchev–Trinajstić information content (AvgIpc) is 3.02. The summed E-state index contributed by atoms with van der Waals surface area (Å²) in [6, 6.07) is 7.00. The second kappa shape index (κ2) is 4.22.